The Morgan fingerprint density at radius 3 is 2.30 bits per heavy atom. The number of esters is 1. The molecule has 2 aliphatic heterocycles. The van der Waals surface area contributed by atoms with E-state index in [2.05, 4.69) is 58.9 Å². The van der Waals surface area contributed by atoms with Crippen molar-refractivity contribution < 1.29 is 14.3 Å². The van der Waals surface area contributed by atoms with Crippen molar-refractivity contribution in [2.24, 2.45) is 40.4 Å². The maximum Gasteiger partial charge on any atom is 0.313 e. The third-order valence-corrected chi connectivity index (χ3v) is 13.5. The van der Waals surface area contributed by atoms with Crippen molar-refractivity contribution in [2.45, 2.75) is 117 Å². The summed E-state index contributed by atoms with van der Waals surface area (Å²) in [7, 11) is 0. The van der Waals surface area contributed by atoms with Gasteiger partial charge in [0, 0.05) is 11.8 Å². The Morgan fingerprint density at radius 1 is 0.935 bits per heavy atom. The Labute approximate surface area is 272 Å². The molecule has 2 bridgehead atoms. The van der Waals surface area contributed by atoms with Crippen LogP contribution < -0.4 is 11.1 Å². The molecule has 0 saturated heterocycles. The average molecular weight is 627 g/mol. The first-order valence-corrected chi connectivity index (χ1v) is 17.6. The second-order valence-electron chi connectivity index (χ2n) is 16.3. The van der Waals surface area contributed by atoms with Crippen molar-refractivity contribution in [3.8, 4) is 0 Å². The quantitative estimate of drug-likeness (QED) is 0.190. The van der Waals surface area contributed by atoms with E-state index in [1.165, 1.54) is 6.92 Å². The molecule has 3 saturated carbocycles. The van der Waals surface area contributed by atoms with Gasteiger partial charge in [0.25, 0.3) is 11.1 Å². The number of carbonyl (C=O) groups is 2. The molecule has 0 radical (unpaired) electrons. The Balaban J connectivity index is 1.41. The lowest BCUT2D eigenvalue weighted by Crippen LogP contribution is -2.78. The zero-order valence-electron chi connectivity index (χ0n) is 28.4. The fraction of sp³-hybridized carbons (Fsp3) is 0.641. The summed E-state index contributed by atoms with van der Waals surface area (Å²) >= 11 is 0. The van der Waals surface area contributed by atoms with Crippen molar-refractivity contribution >= 4 is 22.5 Å². The molecular weight excluding hydrogens is 576 g/mol. The van der Waals surface area contributed by atoms with Crippen LogP contribution in [0, 0.1) is 40.4 Å². The van der Waals surface area contributed by atoms with Gasteiger partial charge in [-0.1, -0.05) is 71.1 Å². The maximum absolute atomic E-state index is 14.9. The predicted octanol–water partition coefficient (Wildman–Crippen LogP) is 6.90. The molecule has 1 aromatic heterocycles. The molecule has 8 rings (SSSR count). The summed E-state index contributed by atoms with van der Waals surface area (Å²) < 4.78 is 9.68. The van der Waals surface area contributed by atoms with Crippen LogP contribution in [0.4, 0.5) is 0 Å². The Hall–Kier alpha value is -3.22. The minimum Gasteiger partial charge on any atom is -0.462 e. The van der Waals surface area contributed by atoms with Gasteiger partial charge >= 0.3 is 5.97 Å². The van der Waals surface area contributed by atoms with E-state index in [4.69, 9.17) is 4.74 Å². The highest BCUT2D eigenvalue weighted by atomic mass is 16.5. The maximum atomic E-state index is 14.9. The average Bonchev–Trinajstić information content (AvgIpc) is 3.36. The Kier molecular flexibility index (Phi) is 7.26. The first-order chi connectivity index (χ1) is 21.8. The van der Waals surface area contributed by atoms with Crippen molar-refractivity contribution in [3.63, 3.8) is 0 Å². The highest BCUT2D eigenvalue weighted by Crippen LogP contribution is 2.74. The molecule has 9 atom stereocenters. The molecule has 0 unspecified atom stereocenters. The number of ether oxygens (including phenoxy) is 1. The fourth-order valence-corrected chi connectivity index (χ4v) is 11.6. The smallest absolute Gasteiger partial charge is 0.313 e. The number of ketones is 1. The largest absolute Gasteiger partial charge is 0.462 e. The van der Waals surface area contributed by atoms with Crippen molar-refractivity contribution in [1.29, 1.82) is 0 Å². The van der Waals surface area contributed by atoms with Crippen molar-refractivity contribution in [1.82, 2.24) is 9.36 Å². The number of carbonyl (C=O) groups excluding carboxylic acids is 2. The lowest BCUT2D eigenvalue weighted by Gasteiger charge is -2.72. The molecule has 7 heteroatoms. The zero-order valence-corrected chi connectivity index (χ0v) is 28.4. The number of allylic oxidation sites excluding steroid dienone is 4. The number of aromatic nitrogens is 2. The van der Waals surface area contributed by atoms with Crippen LogP contribution in [0.5, 0.6) is 0 Å². The lowest BCUT2D eigenvalue weighted by atomic mass is 9.40. The Morgan fingerprint density at radius 2 is 1.63 bits per heavy atom. The number of nitrogens with zero attached hydrogens (tertiary/aromatic N) is 2. The van der Waals surface area contributed by atoms with E-state index >= 15 is 0 Å². The van der Waals surface area contributed by atoms with Gasteiger partial charge in [-0.2, -0.15) is 0 Å². The Bertz CT molecular complexity index is 1780. The third kappa shape index (κ3) is 4.08. The second-order valence-corrected chi connectivity index (χ2v) is 16.3. The first kappa shape index (κ1) is 31.4. The van der Waals surface area contributed by atoms with Crippen LogP contribution >= 0.6 is 0 Å². The number of hydrogen-bond donors (Lipinski definition) is 0. The predicted molar refractivity (Wildman–Crippen MR) is 179 cm³/mol. The van der Waals surface area contributed by atoms with Gasteiger partial charge in [-0.25, -0.2) is 9.36 Å². The molecule has 3 fully saturated rings. The highest BCUT2D eigenvalue weighted by Gasteiger charge is 2.74. The molecule has 2 spiro atoms. The summed E-state index contributed by atoms with van der Waals surface area (Å²) in [5.41, 5.74) is -1.98. The molecule has 0 N–H and O–H groups in total. The van der Waals surface area contributed by atoms with Crippen LogP contribution in [-0.2, 0) is 25.4 Å². The van der Waals surface area contributed by atoms with Crippen LogP contribution in [0.3, 0.4) is 0 Å². The molecule has 0 amide bonds. The number of rotatable bonds is 7. The van der Waals surface area contributed by atoms with Gasteiger partial charge < -0.3 is 4.74 Å². The summed E-state index contributed by atoms with van der Waals surface area (Å²) in [6, 6.07) is 7.26. The van der Waals surface area contributed by atoms with Gasteiger partial charge in [0.15, 0.2) is 0 Å². The van der Waals surface area contributed by atoms with Gasteiger partial charge in [0.1, 0.15) is 18.3 Å². The minimum atomic E-state index is -0.822. The van der Waals surface area contributed by atoms with Gasteiger partial charge in [-0.3, -0.25) is 19.2 Å². The molecule has 246 valence electrons. The summed E-state index contributed by atoms with van der Waals surface area (Å²) in [6.07, 6.45) is 15.8. The summed E-state index contributed by atoms with van der Waals surface area (Å²) in [6.45, 7) is 13.1. The summed E-state index contributed by atoms with van der Waals surface area (Å²) in [5, 5.41) is 0.917. The van der Waals surface area contributed by atoms with Crippen LogP contribution in [0.1, 0.15) is 99.3 Å². The highest BCUT2D eigenvalue weighted by molar-refractivity contribution is 5.94. The van der Waals surface area contributed by atoms with E-state index < -0.39 is 23.2 Å². The molecule has 7 nitrogen and oxygen atoms in total. The van der Waals surface area contributed by atoms with E-state index in [0.717, 1.165) is 38.5 Å². The molecule has 6 aliphatic rings. The third-order valence-electron chi connectivity index (χ3n) is 13.5. The van der Waals surface area contributed by atoms with Gasteiger partial charge in [0.05, 0.1) is 21.9 Å². The molecule has 1 aromatic carbocycles. The van der Waals surface area contributed by atoms with Crippen LogP contribution in [0.2, 0.25) is 0 Å². The van der Waals surface area contributed by atoms with E-state index in [1.54, 1.807) is 12.1 Å². The van der Waals surface area contributed by atoms with Crippen molar-refractivity contribution in [2.75, 3.05) is 0 Å². The van der Waals surface area contributed by atoms with E-state index in [1.807, 2.05) is 21.5 Å². The van der Waals surface area contributed by atoms with Gasteiger partial charge in [0.2, 0.25) is 0 Å². The SMILES string of the molecule is CC(=O)CC(=O)O[C@H]1CC[C@]2(C)[C@@H]3CC[C@]4(C)[C@@H]([C@H](C)/C=C/CC(C)C)CC[C@@H]4[C@@]34C=C[C@]2(C1)n1c(=O)c2ccccc2c(=O)n14. The van der Waals surface area contributed by atoms with Crippen LogP contribution in [0.25, 0.3) is 10.8 Å². The first-order valence-electron chi connectivity index (χ1n) is 17.6. The zero-order chi connectivity index (χ0) is 32.8. The fourth-order valence-electron chi connectivity index (χ4n) is 11.6. The van der Waals surface area contributed by atoms with Gasteiger partial charge in [-0.15, -0.1) is 0 Å². The van der Waals surface area contributed by atoms with E-state index in [9.17, 15) is 19.2 Å². The molecular formula is C39H50N2O5. The topological polar surface area (TPSA) is 87.4 Å². The van der Waals surface area contributed by atoms with E-state index in [-0.39, 0.29) is 46.0 Å². The van der Waals surface area contributed by atoms with Gasteiger partial charge in [-0.05, 0) is 99.0 Å². The molecule has 4 aliphatic carbocycles. The second kappa shape index (κ2) is 10.6. The number of Topliss-reactive ketones (excluding diaryl/α,β-unsaturated/α-hetero) is 1. The summed E-state index contributed by atoms with van der Waals surface area (Å²) in [4.78, 5) is 54.0. The molecule has 3 heterocycles. The standard InChI is InChI=1S/C39H50N2O5/c1-24(2)10-9-11-25(3)30-14-15-31-36(30,5)18-17-32-37(6)19-16-27(46-33(43)22-26(4)42)23-38(37)20-21-39(31,32)41-35(45)29-13-8-7-12-28(29)34(44)40(38)41/h7-9,11-13,20-21,24-25,27,30-32H,10,14-19,22-23H2,1-6H3/b11-9+/t25-,27+,30-,31+,32+,36-,37-,38-,39+/m1/s1. The lowest BCUT2D eigenvalue weighted by molar-refractivity contribution is -0.206. The normalized spacial score (nSPS) is 38.0. The molecule has 46 heavy (non-hydrogen) atoms. The van der Waals surface area contributed by atoms with E-state index in [0.29, 0.717) is 41.4 Å². The van der Waals surface area contributed by atoms with Crippen LogP contribution in [-0.4, -0.2) is 27.2 Å². The minimum absolute atomic E-state index is 0.0154. The van der Waals surface area contributed by atoms with Crippen molar-refractivity contribution in [3.05, 3.63) is 69.3 Å². The summed E-state index contributed by atoms with van der Waals surface area (Å²) in [5.74, 6) is 1.19. The molecule has 2 aromatic rings. The number of hydrogen-bond acceptors (Lipinski definition) is 5. The van der Waals surface area contributed by atoms with Crippen LogP contribution in [0.15, 0.2) is 58.2 Å². The number of fused-ring (bicyclic) bond motifs is 2. The monoisotopic (exact) mass is 626 g/mol. The number of benzene rings is 1.